The second-order valence-corrected chi connectivity index (χ2v) is 13.7. The van der Waals surface area contributed by atoms with E-state index in [1.54, 1.807) is 52.4 Å². The molecule has 3 aromatic carbocycles. The Morgan fingerprint density at radius 2 is 1.39 bits per heavy atom. The van der Waals surface area contributed by atoms with E-state index in [4.69, 9.17) is 14.7 Å². The SMILES string of the molecule is COC(=O)N[C@@H](C(=O)N1CCC[C@H]1c1nc(C#Cc2ccc(-c3c[nH]c([C@@H]4CCCN4C(=O)[C@@H](c4ccccc4)N(C)C(=O)O)n3)cc2)c[nH]1)c1ccccc1. The van der Waals surface area contributed by atoms with Crippen LogP contribution in [0.1, 0.15) is 83.9 Å². The number of aromatic amines is 2. The average molecular weight is 755 g/mol. The van der Waals surface area contributed by atoms with E-state index in [1.165, 1.54) is 14.2 Å². The largest absolute Gasteiger partial charge is 0.465 e. The molecule has 7 rings (SSSR count). The highest BCUT2D eigenvalue weighted by Gasteiger charge is 2.39. The van der Waals surface area contributed by atoms with Gasteiger partial charge in [0.15, 0.2) is 0 Å². The third-order valence-corrected chi connectivity index (χ3v) is 10.3. The number of rotatable bonds is 9. The molecule has 0 spiro atoms. The highest BCUT2D eigenvalue weighted by atomic mass is 16.5. The molecular weight excluding hydrogens is 713 g/mol. The molecule has 5 aromatic rings. The lowest BCUT2D eigenvalue weighted by atomic mass is 10.0. The van der Waals surface area contributed by atoms with Crippen LogP contribution in [0.15, 0.2) is 97.3 Å². The van der Waals surface area contributed by atoms with Gasteiger partial charge in [-0.3, -0.25) is 14.5 Å². The van der Waals surface area contributed by atoms with Crippen LogP contribution in [-0.4, -0.2) is 91.0 Å². The van der Waals surface area contributed by atoms with E-state index in [1.807, 2.05) is 54.7 Å². The monoisotopic (exact) mass is 754 g/mol. The van der Waals surface area contributed by atoms with Crippen molar-refractivity contribution in [3.63, 3.8) is 0 Å². The van der Waals surface area contributed by atoms with Gasteiger partial charge in [-0.15, -0.1) is 0 Å². The van der Waals surface area contributed by atoms with Crippen molar-refractivity contribution >= 4 is 24.0 Å². The number of hydrogen-bond donors (Lipinski definition) is 4. The number of likely N-dealkylation sites (N-methyl/N-ethyl adjacent to an activating group) is 1. The number of nitrogens with one attached hydrogen (secondary N) is 3. The van der Waals surface area contributed by atoms with Crippen molar-refractivity contribution in [2.45, 2.75) is 49.9 Å². The molecule has 56 heavy (non-hydrogen) atoms. The number of likely N-dealkylation sites (tertiary alicyclic amines) is 2. The molecule has 2 fully saturated rings. The van der Waals surface area contributed by atoms with Gasteiger partial charge in [0.1, 0.15) is 29.4 Å². The summed E-state index contributed by atoms with van der Waals surface area (Å²) in [7, 11) is 2.68. The zero-order chi connectivity index (χ0) is 39.2. The summed E-state index contributed by atoms with van der Waals surface area (Å²) in [6.07, 6.45) is 4.65. The number of H-pyrrole nitrogens is 2. The first kappa shape index (κ1) is 37.4. The molecule has 0 bridgehead atoms. The minimum absolute atomic E-state index is 0.244. The number of carbonyl (C=O) groups excluding carboxylic acids is 3. The van der Waals surface area contributed by atoms with Gasteiger partial charge >= 0.3 is 12.2 Å². The molecule has 0 unspecified atom stereocenters. The highest BCUT2D eigenvalue weighted by Crippen LogP contribution is 2.36. The van der Waals surface area contributed by atoms with Crippen LogP contribution in [0.25, 0.3) is 11.3 Å². The lowest BCUT2D eigenvalue weighted by molar-refractivity contribution is -0.137. The lowest BCUT2D eigenvalue weighted by Gasteiger charge is -2.32. The Hall–Kier alpha value is -6.88. The van der Waals surface area contributed by atoms with Crippen molar-refractivity contribution in [2.24, 2.45) is 0 Å². The molecule has 2 aliphatic heterocycles. The summed E-state index contributed by atoms with van der Waals surface area (Å²) in [6, 6.07) is 23.2. The Kier molecular flexibility index (Phi) is 11.1. The molecule has 0 radical (unpaired) electrons. The Balaban J connectivity index is 1.02. The van der Waals surface area contributed by atoms with E-state index in [2.05, 4.69) is 27.1 Å². The molecular formula is C42H42N8O6. The maximum atomic E-state index is 13.9. The van der Waals surface area contributed by atoms with Crippen LogP contribution in [0.4, 0.5) is 9.59 Å². The first-order valence-corrected chi connectivity index (χ1v) is 18.5. The molecule has 286 valence electrons. The summed E-state index contributed by atoms with van der Waals surface area (Å²) in [5.74, 6) is 7.02. The summed E-state index contributed by atoms with van der Waals surface area (Å²) < 4.78 is 4.80. The van der Waals surface area contributed by atoms with Crippen LogP contribution in [0, 0.1) is 11.8 Å². The molecule has 14 nitrogen and oxygen atoms in total. The number of aromatic nitrogens is 4. The maximum absolute atomic E-state index is 13.9. The summed E-state index contributed by atoms with van der Waals surface area (Å²) in [5.41, 5.74) is 4.15. The normalized spacial score (nSPS) is 17.4. The van der Waals surface area contributed by atoms with Gasteiger partial charge in [0.2, 0.25) is 0 Å². The Labute approximate surface area is 323 Å². The summed E-state index contributed by atoms with van der Waals surface area (Å²) >= 11 is 0. The van der Waals surface area contributed by atoms with Crippen LogP contribution in [0.5, 0.6) is 0 Å². The second kappa shape index (κ2) is 16.6. The number of carbonyl (C=O) groups is 4. The van der Waals surface area contributed by atoms with Crippen molar-refractivity contribution in [3.8, 4) is 23.1 Å². The van der Waals surface area contributed by atoms with Gasteiger partial charge < -0.3 is 34.9 Å². The van der Waals surface area contributed by atoms with Crippen LogP contribution < -0.4 is 5.32 Å². The van der Waals surface area contributed by atoms with Crippen LogP contribution >= 0.6 is 0 Å². The fourth-order valence-corrected chi connectivity index (χ4v) is 7.43. The van der Waals surface area contributed by atoms with Gasteiger partial charge in [-0.2, -0.15) is 0 Å². The maximum Gasteiger partial charge on any atom is 0.407 e. The standard InChI is InChI=1S/C42H42N8O6/c1-48(42(54)55)36(30-13-7-4-8-14-30)40(52)50-24-10-16-34(50)38-44-26-32(46-38)28-20-17-27(18-21-28)19-22-31-25-43-37(45-31)33-15-9-23-49(33)39(51)35(47-41(53)56-2)29-11-5-3-6-12-29/h3-8,11-14,17-18,20-21,25-26,33-36H,9-10,15-16,23-24H2,1-2H3,(H,43,45)(H,44,46)(H,47,53)(H,54,55)/t33-,34-,35+,36+/m0/s1. The number of ether oxygens (including phenoxy) is 1. The number of benzene rings is 3. The number of methoxy groups -OCH3 is 1. The predicted octanol–water partition coefficient (Wildman–Crippen LogP) is 5.98. The molecule has 2 aliphatic rings. The first-order valence-electron chi connectivity index (χ1n) is 18.5. The number of amides is 4. The number of carboxylic acid groups (broad SMARTS) is 1. The van der Waals surface area contributed by atoms with Gasteiger partial charge in [-0.1, -0.05) is 78.7 Å². The molecule has 4 N–H and O–H groups in total. The van der Waals surface area contributed by atoms with E-state index in [9.17, 15) is 24.3 Å². The van der Waals surface area contributed by atoms with E-state index in [0.29, 0.717) is 60.1 Å². The second-order valence-electron chi connectivity index (χ2n) is 13.7. The van der Waals surface area contributed by atoms with Crippen LogP contribution in [0.3, 0.4) is 0 Å². The topological polar surface area (TPSA) is 177 Å². The summed E-state index contributed by atoms with van der Waals surface area (Å²) in [4.78, 5) is 72.4. The zero-order valence-electron chi connectivity index (χ0n) is 31.0. The van der Waals surface area contributed by atoms with Gasteiger partial charge in [-0.05, 0) is 54.9 Å². The third kappa shape index (κ3) is 7.97. The molecule has 4 heterocycles. The summed E-state index contributed by atoms with van der Waals surface area (Å²) in [5, 5.41) is 12.4. The molecule has 2 aromatic heterocycles. The molecule has 14 heteroatoms. The van der Waals surface area contributed by atoms with Gasteiger partial charge in [0.05, 0.1) is 24.9 Å². The Bertz CT molecular complexity index is 2240. The molecule has 4 amide bonds. The Morgan fingerprint density at radius 3 is 2.02 bits per heavy atom. The fourth-order valence-electron chi connectivity index (χ4n) is 7.43. The average Bonchev–Trinajstić information content (AvgIpc) is 4.07. The minimum atomic E-state index is -1.18. The minimum Gasteiger partial charge on any atom is -0.465 e. The summed E-state index contributed by atoms with van der Waals surface area (Å²) in [6.45, 7) is 1.03. The van der Waals surface area contributed by atoms with E-state index < -0.39 is 24.3 Å². The van der Waals surface area contributed by atoms with Crippen molar-refractivity contribution in [2.75, 3.05) is 27.2 Å². The van der Waals surface area contributed by atoms with E-state index in [-0.39, 0.29) is 23.9 Å². The van der Waals surface area contributed by atoms with Crippen molar-refractivity contribution < 1.29 is 29.0 Å². The number of nitrogens with zero attached hydrogens (tertiary/aromatic N) is 5. The number of hydrogen-bond acceptors (Lipinski definition) is 7. The zero-order valence-corrected chi connectivity index (χ0v) is 31.0. The van der Waals surface area contributed by atoms with Gasteiger partial charge in [0.25, 0.3) is 11.8 Å². The van der Waals surface area contributed by atoms with Crippen molar-refractivity contribution in [1.82, 2.24) is 40.0 Å². The highest BCUT2D eigenvalue weighted by molar-refractivity contribution is 5.88. The smallest absolute Gasteiger partial charge is 0.407 e. The molecule has 4 atom stereocenters. The molecule has 0 aliphatic carbocycles. The third-order valence-electron chi connectivity index (χ3n) is 10.3. The predicted molar refractivity (Wildman–Crippen MR) is 206 cm³/mol. The van der Waals surface area contributed by atoms with Gasteiger partial charge in [-0.25, -0.2) is 19.6 Å². The Morgan fingerprint density at radius 1 is 0.804 bits per heavy atom. The number of alkyl carbamates (subject to hydrolysis) is 1. The van der Waals surface area contributed by atoms with E-state index >= 15 is 0 Å². The fraction of sp³-hybridized carbons (Fsp3) is 0.286. The quantitative estimate of drug-likeness (QED) is 0.133. The van der Waals surface area contributed by atoms with Crippen molar-refractivity contribution in [3.05, 3.63) is 131 Å². The first-order chi connectivity index (χ1) is 27.2. The van der Waals surface area contributed by atoms with Gasteiger partial charge in [0, 0.05) is 43.7 Å². The molecule has 2 saturated heterocycles. The van der Waals surface area contributed by atoms with Crippen LogP contribution in [-0.2, 0) is 14.3 Å². The number of imidazole rings is 2. The van der Waals surface area contributed by atoms with Crippen LogP contribution in [0.2, 0.25) is 0 Å². The molecule has 0 saturated carbocycles. The lowest BCUT2D eigenvalue weighted by Crippen LogP contribution is -2.43. The van der Waals surface area contributed by atoms with Crippen molar-refractivity contribution in [1.29, 1.82) is 0 Å². The van der Waals surface area contributed by atoms with E-state index in [0.717, 1.165) is 28.9 Å².